The van der Waals surface area contributed by atoms with Crippen LogP contribution >= 0.6 is 0 Å². The molecule has 0 amide bonds. The summed E-state index contributed by atoms with van der Waals surface area (Å²) in [7, 11) is 3.71. The van der Waals surface area contributed by atoms with Crippen LogP contribution in [-0.2, 0) is 19.9 Å². The maximum atomic E-state index is 4.43. The molecule has 2 N–H and O–H groups in total. The van der Waals surface area contributed by atoms with Crippen LogP contribution in [0.25, 0.3) is 0 Å². The van der Waals surface area contributed by atoms with Crippen molar-refractivity contribution in [3.8, 4) is 0 Å². The molecule has 2 aromatic rings. The second-order valence-electron chi connectivity index (χ2n) is 4.17. The third-order valence-corrected chi connectivity index (χ3v) is 2.65. The van der Waals surface area contributed by atoms with E-state index in [4.69, 9.17) is 0 Å². The molecule has 2 aromatic heterocycles. The number of rotatable bonds is 6. The maximum Gasteiger partial charge on any atom is 0.152 e. The number of nitrogens with one attached hydrogen (secondary N) is 2. The molecule has 0 spiro atoms. The van der Waals surface area contributed by atoms with Crippen LogP contribution in [0, 0.1) is 0 Å². The predicted octanol–water partition coefficient (Wildman–Crippen LogP) is 0.864. The summed E-state index contributed by atoms with van der Waals surface area (Å²) in [5, 5.41) is 10.5. The van der Waals surface area contributed by atoms with Crippen molar-refractivity contribution in [1.29, 1.82) is 0 Å². The minimum absolute atomic E-state index is 0.743. The lowest BCUT2D eigenvalue weighted by Crippen LogP contribution is -2.10. The summed E-state index contributed by atoms with van der Waals surface area (Å²) in [6.45, 7) is 2.78. The van der Waals surface area contributed by atoms with Crippen molar-refractivity contribution in [1.82, 2.24) is 24.7 Å². The highest BCUT2D eigenvalue weighted by Crippen LogP contribution is 2.11. The topological polar surface area (TPSA) is 80.5 Å². The second-order valence-corrected chi connectivity index (χ2v) is 4.17. The van der Waals surface area contributed by atoms with Gasteiger partial charge in [-0.25, -0.2) is 15.0 Å². The van der Waals surface area contributed by atoms with Gasteiger partial charge in [-0.3, -0.25) is 4.68 Å². The highest BCUT2D eigenvalue weighted by Gasteiger charge is 2.03. The third-order valence-electron chi connectivity index (χ3n) is 2.65. The molecule has 0 aromatic carbocycles. The molecule has 0 atom stereocenters. The van der Waals surface area contributed by atoms with Crippen molar-refractivity contribution < 1.29 is 0 Å². The van der Waals surface area contributed by atoms with E-state index < -0.39 is 0 Å². The van der Waals surface area contributed by atoms with Gasteiger partial charge in [-0.2, -0.15) is 5.10 Å². The molecule has 0 saturated heterocycles. The molecule has 0 bridgehead atoms. The molecule has 7 heteroatoms. The smallest absolute Gasteiger partial charge is 0.152 e. The van der Waals surface area contributed by atoms with Gasteiger partial charge in [0.15, 0.2) is 5.82 Å². The van der Waals surface area contributed by atoms with Gasteiger partial charge in [0.05, 0.1) is 0 Å². The standard InChI is InChI=1S/C12H19N7/c1-4-9-16-11(13-2)7-12(17-9)14-6-5-10-15-8-19(3)18-10/h7-8H,4-6H2,1-3H3,(H2,13,14,16,17). The first-order valence-electron chi connectivity index (χ1n) is 6.35. The van der Waals surface area contributed by atoms with E-state index in [1.165, 1.54) is 0 Å². The average molecular weight is 261 g/mol. The number of nitrogens with zero attached hydrogens (tertiary/aromatic N) is 5. The van der Waals surface area contributed by atoms with Gasteiger partial charge in [0.2, 0.25) is 0 Å². The van der Waals surface area contributed by atoms with E-state index in [2.05, 4.69) is 30.7 Å². The van der Waals surface area contributed by atoms with Crippen LogP contribution in [0.3, 0.4) is 0 Å². The Bertz CT molecular complexity index is 512. The average Bonchev–Trinajstić information content (AvgIpc) is 2.84. The summed E-state index contributed by atoms with van der Waals surface area (Å²) >= 11 is 0. The van der Waals surface area contributed by atoms with E-state index in [1.54, 1.807) is 11.0 Å². The summed E-state index contributed by atoms with van der Waals surface area (Å²) in [5.74, 6) is 3.30. The number of hydrogen-bond donors (Lipinski definition) is 2. The van der Waals surface area contributed by atoms with E-state index in [0.29, 0.717) is 0 Å². The number of aromatic nitrogens is 5. The third kappa shape index (κ3) is 3.64. The first-order chi connectivity index (χ1) is 9.21. The van der Waals surface area contributed by atoms with Crippen molar-refractivity contribution in [2.45, 2.75) is 19.8 Å². The van der Waals surface area contributed by atoms with E-state index in [9.17, 15) is 0 Å². The van der Waals surface area contributed by atoms with Gasteiger partial charge in [-0.15, -0.1) is 0 Å². The van der Waals surface area contributed by atoms with Gasteiger partial charge in [0.1, 0.15) is 23.8 Å². The zero-order valence-corrected chi connectivity index (χ0v) is 11.5. The minimum Gasteiger partial charge on any atom is -0.373 e. The van der Waals surface area contributed by atoms with Crippen LogP contribution in [0.4, 0.5) is 11.6 Å². The lowest BCUT2D eigenvalue weighted by Gasteiger charge is -2.08. The molecule has 19 heavy (non-hydrogen) atoms. The Hall–Kier alpha value is -2.18. The Morgan fingerprint density at radius 3 is 2.63 bits per heavy atom. The first-order valence-corrected chi connectivity index (χ1v) is 6.35. The molecular weight excluding hydrogens is 242 g/mol. The van der Waals surface area contributed by atoms with Crippen LogP contribution in [0.5, 0.6) is 0 Å². The van der Waals surface area contributed by atoms with Crippen LogP contribution < -0.4 is 10.6 Å². The largest absolute Gasteiger partial charge is 0.373 e. The Labute approximate surface area is 112 Å². The van der Waals surface area contributed by atoms with Crippen molar-refractivity contribution in [3.63, 3.8) is 0 Å². The molecule has 0 unspecified atom stereocenters. The van der Waals surface area contributed by atoms with Gasteiger partial charge >= 0.3 is 0 Å². The van der Waals surface area contributed by atoms with Crippen molar-refractivity contribution >= 4 is 11.6 Å². The van der Waals surface area contributed by atoms with E-state index in [1.807, 2.05) is 27.1 Å². The molecule has 2 heterocycles. The van der Waals surface area contributed by atoms with Crippen LogP contribution in [0.2, 0.25) is 0 Å². The highest BCUT2D eigenvalue weighted by atomic mass is 15.3. The van der Waals surface area contributed by atoms with Crippen molar-refractivity contribution in [3.05, 3.63) is 24.0 Å². The highest BCUT2D eigenvalue weighted by molar-refractivity contribution is 5.47. The fourth-order valence-corrected chi connectivity index (χ4v) is 1.67. The molecule has 0 saturated carbocycles. The molecule has 0 aliphatic carbocycles. The van der Waals surface area contributed by atoms with Gasteiger partial charge in [0, 0.05) is 39.5 Å². The maximum absolute atomic E-state index is 4.43. The van der Waals surface area contributed by atoms with Crippen molar-refractivity contribution in [2.75, 3.05) is 24.2 Å². The van der Waals surface area contributed by atoms with Crippen LogP contribution in [0.1, 0.15) is 18.6 Å². The molecule has 0 aliphatic rings. The van der Waals surface area contributed by atoms with E-state index in [0.717, 1.165) is 42.7 Å². The molecule has 2 rings (SSSR count). The zero-order valence-electron chi connectivity index (χ0n) is 11.5. The van der Waals surface area contributed by atoms with E-state index >= 15 is 0 Å². The SMILES string of the molecule is CCc1nc(NC)cc(NCCc2ncn(C)n2)n1. The Kier molecular flexibility index (Phi) is 4.27. The Morgan fingerprint density at radius 2 is 2.00 bits per heavy atom. The summed E-state index contributed by atoms with van der Waals surface area (Å²) in [6.07, 6.45) is 3.28. The Morgan fingerprint density at radius 1 is 1.21 bits per heavy atom. The summed E-state index contributed by atoms with van der Waals surface area (Å²) in [4.78, 5) is 13.0. The molecule has 0 radical (unpaired) electrons. The fourth-order valence-electron chi connectivity index (χ4n) is 1.67. The van der Waals surface area contributed by atoms with Gasteiger partial charge in [-0.1, -0.05) is 6.92 Å². The molecule has 7 nitrogen and oxygen atoms in total. The normalized spacial score (nSPS) is 10.5. The molecule has 0 aliphatic heterocycles. The lowest BCUT2D eigenvalue weighted by atomic mass is 10.4. The van der Waals surface area contributed by atoms with Gasteiger partial charge in [-0.05, 0) is 0 Å². The number of anilines is 2. The quantitative estimate of drug-likeness (QED) is 0.803. The number of hydrogen-bond acceptors (Lipinski definition) is 6. The molecule has 102 valence electrons. The molecule has 0 fully saturated rings. The minimum atomic E-state index is 0.743. The fraction of sp³-hybridized carbons (Fsp3) is 0.500. The van der Waals surface area contributed by atoms with Gasteiger partial charge < -0.3 is 10.6 Å². The molecular formula is C12H19N7. The zero-order chi connectivity index (χ0) is 13.7. The second kappa shape index (κ2) is 6.12. The summed E-state index contributed by atoms with van der Waals surface area (Å²) in [6, 6.07) is 1.89. The van der Waals surface area contributed by atoms with Crippen LogP contribution in [0.15, 0.2) is 12.4 Å². The summed E-state index contributed by atoms with van der Waals surface area (Å²) < 4.78 is 1.70. The predicted molar refractivity (Wildman–Crippen MR) is 74.2 cm³/mol. The van der Waals surface area contributed by atoms with E-state index in [-0.39, 0.29) is 0 Å². The first kappa shape index (κ1) is 13.3. The number of aryl methyl sites for hydroxylation is 2. The van der Waals surface area contributed by atoms with Crippen molar-refractivity contribution in [2.24, 2.45) is 7.05 Å². The summed E-state index contributed by atoms with van der Waals surface area (Å²) in [5.41, 5.74) is 0. The monoisotopic (exact) mass is 261 g/mol. The van der Waals surface area contributed by atoms with Crippen LogP contribution in [-0.4, -0.2) is 38.3 Å². The lowest BCUT2D eigenvalue weighted by molar-refractivity contribution is 0.741. The van der Waals surface area contributed by atoms with Gasteiger partial charge in [0.25, 0.3) is 0 Å². The Balaban J connectivity index is 1.95.